The van der Waals surface area contributed by atoms with Crippen molar-refractivity contribution in [2.45, 2.75) is 139 Å². The molecule has 0 unspecified atom stereocenters. The van der Waals surface area contributed by atoms with Crippen molar-refractivity contribution >= 4 is 27.8 Å². The number of ether oxygens (including phenoxy) is 2. The van der Waals surface area contributed by atoms with E-state index in [2.05, 4.69) is 188 Å². The molecule has 7 aromatic rings. The topological polar surface area (TPSA) is 48.6 Å². The molecular formula is C58H61N3O2Pt. The van der Waals surface area contributed by atoms with Gasteiger partial charge in [-0.05, 0) is 127 Å². The predicted octanol–water partition coefficient (Wildman–Crippen LogP) is 14.4. The van der Waals surface area contributed by atoms with Gasteiger partial charge >= 0.3 is 21.1 Å². The van der Waals surface area contributed by atoms with Crippen LogP contribution in [0.4, 0.5) is 0 Å². The minimum absolute atomic E-state index is 0. The average molecular weight is 1030 g/mol. The number of hydrogen-bond acceptors (Lipinski definition) is 4. The first kappa shape index (κ1) is 44.2. The van der Waals surface area contributed by atoms with Gasteiger partial charge in [-0.1, -0.05) is 127 Å². The molecular weight excluding hydrogens is 966 g/mol. The molecule has 5 nitrogen and oxygen atoms in total. The quantitative estimate of drug-likeness (QED) is 0.165. The van der Waals surface area contributed by atoms with Crippen LogP contribution in [-0.2, 0) is 48.6 Å². The summed E-state index contributed by atoms with van der Waals surface area (Å²) < 4.78 is 16.8. The summed E-state index contributed by atoms with van der Waals surface area (Å²) in [6.45, 7) is 35.9. The Kier molecular flexibility index (Phi) is 9.85. The van der Waals surface area contributed by atoms with Crippen molar-refractivity contribution in [3.8, 4) is 28.3 Å². The van der Waals surface area contributed by atoms with Crippen LogP contribution in [0.15, 0.2) is 71.9 Å². The molecule has 64 heavy (non-hydrogen) atoms. The molecule has 10 rings (SSSR count). The first-order valence-electron chi connectivity index (χ1n) is 22.7. The minimum Gasteiger partial charge on any atom is -0.510 e. The summed E-state index contributed by atoms with van der Waals surface area (Å²) in [5.41, 5.74) is 19.1. The molecule has 0 N–H and O–H groups in total. The van der Waals surface area contributed by atoms with E-state index in [-0.39, 0.29) is 37.3 Å². The molecule has 330 valence electrons. The van der Waals surface area contributed by atoms with Crippen LogP contribution in [0.2, 0.25) is 0 Å². The second-order valence-electron chi connectivity index (χ2n) is 22.0. The first-order valence-corrected chi connectivity index (χ1v) is 22.7. The molecule has 0 spiro atoms. The maximum Gasteiger partial charge on any atom is 2.00 e. The van der Waals surface area contributed by atoms with Crippen molar-refractivity contribution in [3.63, 3.8) is 0 Å². The Labute approximate surface area is 395 Å². The maximum atomic E-state index is 7.37. The van der Waals surface area contributed by atoms with Gasteiger partial charge in [0.2, 0.25) is 0 Å². The third kappa shape index (κ3) is 6.26. The molecule has 0 saturated heterocycles. The van der Waals surface area contributed by atoms with Crippen LogP contribution in [-0.4, -0.2) is 21.0 Å². The molecule has 3 aliphatic rings. The predicted molar refractivity (Wildman–Crippen MR) is 259 cm³/mol. The standard InChI is InChI=1S/C58H61N3O2.Pt/c1-31-17-36(6)50(37(7)18-31)38-23-39(53-60-57(16)45-21-34(4)33(3)20-40(45)29-58(57,63-53)55(11,12)13)25-42(24-38)62-49-28-48-46(22-35(49)5)56(14,15)47-27-41(54(8,9)10)26-43-44-19-32(2)30-59-52(44)61(48)51(43)47;/h17-24,26-27,30H,29H2,1-16H3;/q-2;+2/t57-,58-;/m1./s1. The fourth-order valence-electron chi connectivity index (χ4n) is 11.5. The molecule has 5 aromatic carbocycles. The van der Waals surface area contributed by atoms with Crippen molar-refractivity contribution in [2.24, 2.45) is 10.4 Å². The summed E-state index contributed by atoms with van der Waals surface area (Å²) in [5, 5.41) is 2.38. The maximum absolute atomic E-state index is 7.37. The smallest absolute Gasteiger partial charge is 0.510 e. The van der Waals surface area contributed by atoms with Gasteiger partial charge in [0.1, 0.15) is 22.7 Å². The molecule has 2 aliphatic heterocycles. The molecule has 2 aromatic heterocycles. The number of aryl methyl sites for hydroxylation is 7. The van der Waals surface area contributed by atoms with E-state index in [9.17, 15) is 0 Å². The Hall–Kier alpha value is -4.99. The Morgan fingerprint density at radius 2 is 1.36 bits per heavy atom. The van der Waals surface area contributed by atoms with E-state index in [0.717, 1.165) is 45.4 Å². The van der Waals surface area contributed by atoms with Gasteiger partial charge in [0, 0.05) is 40.3 Å². The van der Waals surface area contributed by atoms with Crippen LogP contribution in [0.5, 0.6) is 11.5 Å². The van der Waals surface area contributed by atoms with E-state index in [1.165, 1.54) is 72.1 Å². The van der Waals surface area contributed by atoms with Crippen molar-refractivity contribution < 1.29 is 30.5 Å². The Morgan fingerprint density at radius 3 is 2.03 bits per heavy atom. The molecule has 0 saturated carbocycles. The fourth-order valence-corrected chi connectivity index (χ4v) is 11.5. The van der Waals surface area contributed by atoms with Gasteiger partial charge in [-0.3, -0.25) is 4.99 Å². The number of nitrogens with zero attached hydrogens (tertiary/aromatic N) is 3. The van der Waals surface area contributed by atoms with Crippen LogP contribution in [0.3, 0.4) is 0 Å². The second kappa shape index (κ2) is 14.3. The van der Waals surface area contributed by atoms with Crippen molar-refractivity contribution in [1.82, 2.24) is 9.55 Å². The van der Waals surface area contributed by atoms with E-state index < -0.39 is 11.1 Å². The fraction of sp³-hybridized carbons (Fsp3) is 0.379. The number of rotatable bonds is 4. The summed E-state index contributed by atoms with van der Waals surface area (Å²) in [6, 6.07) is 30.5. The van der Waals surface area contributed by atoms with Crippen LogP contribution >= 0.6 is 0 Å². The number of aliphatic imine (C=N–C) groups is 1. The van der Waals surface area contributed by atoms with Gasteiger partial charge in [0.05, 0.1) is 5.52 Å². The van der Waals surface area contributed by atoms with Crippen molar-refractivity contribution in [1.29, 1.82) is 0 Å². The summed E-state index contributed by atoms with van der Waals surface area (Å²) in [7, 11) is 0. The number of benzene rings is 5. The molecule has 0 fully saturated rings. The molecule has 0 amide bonds. The van der Waals surface area contributed by atoms with Crippen molar-refractivity contribution in [2.75, 3.05) is 0 Å². The number of pyridine rings is 1. The van der Waals surface area contributed by atoms with Crippen LogP contribution in [0, 0.1) is 66.0 Å². The molecule has 0 radical (unpaired) electrons. The zero-order valence-corrected chi connectivity index (χ0v) is 42.8. The monoisotopic (exact) mass is 1030 g/mol. The van der Waals surface area contributed by atoms with E-state index in [0.29, 0.717) is 17.4 Å². The molecule has 0 bridgehead atoms. The van der Waals surface area contributed by atoms with Gasteiger partial charge < -0.3 is 14.0 Å². The third-order valence-electron chi connectivity index (χ3n) is 15.0. The number of aromatic nitrogens is 2. The zero-order chi connectivity index (χ0) is 45.1. The van der Waals surface area contributed by atoms with Crippen molar-refractivity contribution in [3.05, 3.63) is 151 Å². The molecule has 2 atom stereocenters. The van der Waals surface area contributed by atoms with Gasteiger partial charge in [-0.2, -0.15) is 6.07 Å². The number of hydrogen-bond donors (Lipinski definition) is 0. The Balaban J connectivity index is 0.00000518. The number of fused-ring (bicyclic) bond motifs is 8. The van der Waals surface area contributed by atoms with Gasteiger partial charge in [0.15, 0.2) is 0 Å². The summed E-state index contributed by atoms with van der Waals surface area (Å²) >= 11 is 0. The Bertz CT molecular complexity index is 3170. The molecule has 1 aliphatic carbocycles. The molecule has 6 heteroatoms. The Morgan fingerprint density at radius 1 is 0.688 bits per heavy atom. The van der Waals surface area contributed by atoms with Crippen LogP contribution < -0.4 is 4.74 Å². The summed E-state index contributed by atoms with van der Waals surface area (Å²) in [5.74, 6) is 1.85. The van der Waals surface area contributed by atoms with E-state index >= 15 is 0 Å². The average Bonchev–Trinajstić information content (AvgIpc) is 3.75. The second-order valence-corrected chi connectivity index (χ2v) is 22.0. The summed E-state index contributed by atoms with van der Waals surface area (Å²) in [4.78, 5) is 10.7. The molecule has 4 heterocycles. The minimum atomic E-state index is -0.591. The first-order chi connectivity index (χ1) is 29.4. The van der Waals surface area contributed by atoms with Crippen LogP contribution in [0.25, 0.3) is 38.8 Å². The SMILES string of the molecule is Cc1cc(C)c(-c2cc(Oc3[c-]c4c(cc3C)C(C)(C)c3cc(C(C)(C)C)cc5c6cc(C)cnc6n-4c35)[c-]c(C3=N[C@]4(C)c5cc(C)c(C)cc5C[C@]4(C(C)(C)C)O3)c2)c(C)c1.[Pt+2]. The third-order valence-corrected chi connectivity index (χ3v) is 15.0. The zero-order valence-electron chi connectivity index (χ0n) is 40.5. The van der Waals surface area contributed by atoms with E-state index in [1.54, 1.807) is 0 Å². The van der Waals surface area contributed by atoms with Gasteiger partial charge in [0.25, 0.3) is 0 Å². The van der Waals surface area contributed by atoms with Gasteiger partial charge in [-0.15, -0.1) is 23.3 Å². The summed E-state index contributed by atoms with van der Waals surface area (Å²) in [6.07, 6.45) is 2.76. The van der Waals surface area contributed by atoms with Crippen LogP contribution in [0.1, 0.15) is 135 Å². The largest absolute Gasteiger partial charge is 2.00 e. The van der Waals surface area contributed by atoms with E-state index in [1.807, 2.05) is 6.20 Å². The van der Waals surface area contributed by atoms with Gasteiger partial charge in [-0.25, -0.2) is 4.98 Å². The normalized spacial score (nSPS) is 19.5. The van der Waals surface area contributed by atoms with E-state index in [4.69, 9.17) is 19.5 Å².